The van der Waals surface area contributed by atoms with Gasteiger partial charge in [0.05, 0.1) is 18.9 Å². The van der Waals surface area contributed by atoms with Gasteiger partial charge in [0.15, 0.2) is 0 Å². The van der Waals surface area contributed by atoms with Gasteiger partial charge in [0.25, 0.3) is 5.91 Å². The SMILES string of the molecule is Nc1cncc(-c2cccc(C(=O)N3CCC[C@@H](CN4CCOCC4)C3)c2)c1. The summed E-state index contributed by atoms with van der Waals surface area (Å²) < 4.78 is 5.44. The molecule has 6 nitrogen and oxygen atoms in total. The summed E-state index contributed by atoms with van der Waals surface area (Å²) in [5.74, 6) is 0.655. The Morgan fingerprint density at radius 3 is 2.82 bits per heavy atom. The number of aromatic nitrogens is 1. The van der Waals surface area contributed by atoms with E-state index in [2.05, 4.69) is 9.88 Å². The summed E-state index contributed by atoms with van der Waals surface area (Å²) in [4.78, 5) is 21.8. The molecule has 0 spiro atoms. The summed E-state index contributed by atoms with van der Waals surface area (Å²) in [5.41, 5.74) is 9.10. The van der Waals surface area contributed by atoms with Crippen LogP contribution in [-0.4, -0.2) is 66.6 Å². The van der Waals surface area contributed by atoms with Crippen molar-refractivity contribution in [3.05, 3.63) is 48.3 Å². The molecular formula is C22H28N4O2. The van der Waals surface area contributed by atoms with Gasteiger partial charge in [-0.15, -0.1) is 0 Å². The topological polar surface area (TPSA) is 71.7 Å². The molecule has 0 bridgehead atoms. The van der Waals surface area contributed by atoms with Crippen LogP contribution in [0.4, 0.5) is 5.69 Å². The number of anilines is 1. The van der Waals surface area contributed by atoms with Crippen LogP contribution in [0, 0.1) is 5.92 Å². The molecule has 3 heterocycles. The van der Waals surface area contributed by atoms with Crippen LogP contribution >= 0.6 is 0 Å². The van der Waals surface area contributed by atoms with Crippen molar-refractivity contribution in [3.8, 4) is 11.1 Å². The number of piperidine rings is 1. The molecule has 2 fully saturated rings. The minimum atomic E-state index is 0.116. The second-order valence-electron chi connectivity index (χ2n) is 7.76. The Bertz CT molecular complexity index is 820. The van der Waals surface area contributed by atoms with Crippen LogP contribution in [0.3, 0.4) is 0 Å². The van der Waals surface area contributed by atoms with Gasteiger partial charge in [0, 0.05) is 56.2 Å². The first-order chi connectivity index (χ1) is 13.7. The number of nitrogens with zero attached hydrogens (tertiary/aromatic N) is 3. The zero-order valence-electron chi connectivity index (χ0n) is 16.2. The number of hydrogen-bond donors (Lipinski definition) is 1. The van der Waals surface area contributed by atoms with E-state index in [1.165, 1.54) is 6.42 Å². The van der Waals surface area contributed by atoms with E-state index in [4.69, 9.17) is 10.5 Å². The Morgan fingerprint density at radius 2 is 2.00 bits per heavy atom. The monoisotopic (exact) mass is 380 g/mol. The summed E-state index contributed by atoms with van der Waals surface area (Å²) >= 11 is 0. The van der Waals surface area contributed by atoms with E-state index in [1.54, 1.807) is 12.4 Å². The number of carbonyl (C=O) groups is 1. The maximum absolute atomic E-state index is 13.1. The number of hydrogen-bond acceptors (Lipinski definition) is 5. The molecule has 2 saturated heterocycles. The number of likely N-dealkylation sites (tertiary alicyclic amines) is 1. The summed E-state index contributed by atoms with van der Waals surface area (Å²) in [5, 5.41) is 0. The number of morpholine rings is 1. The Kier molecular flexibility index (Phi) is 5.88. The third-order valence-electron chi connectivity index (χ3n) is 5.63. The lowest BCUT2D eigenvalue weighted by atomic mass is 9.96. The zero-order chi connectivity index (χ0) is 19.3. The Morgan fingerprint density at radius 1 is 1.14 bits per heavy atom. The third-order valence-corrected chi connectivity index (χ3v) is 5.63. The van der Waals surface area contributed by atoms with Crippen molar-refractivity contribution in [3.63, 3.8) is 0 Å². The largest absolute Gasteiger partial charge is 0.397 e. The lowest BCUT2D eigenvalue weighted by molar-refractivity contribution is 0.0224. The number of benzene rings is 1. The molecule has 1 aromatic heterocycles. The molecule has 0 saturated carbocycles. The number of amides is 1. The number of carbonyl (C=O) groups excluding carboxylic acids is 1. The minimum Gasteiger partial charge on any atom is -0.397 e. The van der Waals surface area contributed by atoms with Crippen molar-refractivity contribution in [2.75, 3.05) is 51.7 Å². The quantitative estimate of drug-likeness (QED) is 0.882. The highest BCUT2D eigenvalue weighted by Gasteiger charge is 2.26. The molecule has 1 aromatic carbocycles. The molecule has 2 aliphatic rings. The zero-order valence-corrected chi connectivity index (χ0v) is 16.2. The Labute approximate surface area is 166 Å². The molecule has 2 N–H and O–H groups in total. The van der Waals surface area contributed by atoms with Crippen molar-refractivity contribution in [1.82, 2.24) is 14.8 Å². The molecular weight excluding hydrogens is 352 g/mol. The van der Waals surface area contributed by atoms with Crippen molar-refractivity contribution in [2.24, 2.45) is 5.92 Å². The van der Waals surface area contributed by atoms with Crippen LogP contribution in [0.5, 0.6) is 0 Å². The number of ether oxygens (including phenoxy) is 1. The fourth-order valence-electron chi connectivity index (χ4n) is 4.18. The van der Waals surface area contributed by atoms with Gasteiger partial charge in [0.2, 0.25) is 0 Å². The molecule has 0 unspecified atom stereocenters. The van der Waals surface area contributed by atoms with Crippen molar-refractivity contribution < 1.29 is 9.53 Å². The van der Waals surface area contributed by atoms with Crippen molar-refractivity contribution >= 4 is 11.6 Å². The maximum atomic E-state index is 13.1. The van der Waals surface area contributed by atoms with Gasteiger partial charge in [0.1, 0.15) is 0 Å². The summed E-state index contributed by atoms with van der Waals surface area (Å²) in [7, 11) is 0. The summed E-state index contributed by atoms with van der Waals surface area (Å²) in [6.45, 7) is 6.37. The molecule has 28 heavy (non-hydrogen) atoms. The molecule has 4 rings (SSSR count). The van der Waals surface area contributed by atoms with E-state index >= 15 is 0 Å². The second-order valence-corrected chi connectivity index (χ2v) is 7.76. The predicted octanol–water partition coefficient (Wildman–Crippen LogP) is 2.52. The van der Waals surface area contributed by atoms with Crippen LogP contribution in [0.2, 0.25) is 0 Å². The first-order valence-electron chi connectivity index (χ1n) is 10.1. The van der Waals surface area contributed by atoms with Gasteiger partial charge >= 0.3 is 0 Å². The van der Waals surface area contributed by atoms with Crippen LogP contribution in [0.25, 0.3) is 11.1 Å². The van der Waals surface area contributed by atoms with E-state index in [9.17, 15) is 4.79 Å². The summed E-state index contributed by atoms with van der Waals surface area (Å²) in [6.07, 6.45) is 5.66. The first kappa shape index (κ1) is 18.9. The first-order valence-corrected chi connectivity index (χ1v) is 10.1. The van der Waals surface area contributed by atoms with E-state index in [1.807, 2.05) is 35.2 Å². The average molecular weight is 380 g/mol. The fourth-order valence-corrected chi connectivity index (χ4v) is 4.18. The predicted molar refractivity (Wildman–Crippen MR) is 110 cm³/mol. The molecule has 0 aliphatic carbocycles. The molecule has 1 amide bonds. The lowest BCUT2D eigenvalue weighted by Crippen LogP contribution is -2.46. The van der Waals surface area contributed by atoms with Gasteiger partial charge in [-0.05, 0) is 42.5 Å². The highest BCUT2D eigenvalue weighted by atomic mass is 16.5. The van der Waals surface area contributed by atoms with Crippen LogP contribution in [0.15, 0.2) is 42.7 Å². The average Bonchev–Trinajstić information content (AvgIpc) is 2.74. The van der Waals surface area contributed by atoms with Gasteiger partial charge < -0.3 is 15.4 Å². The van der Waals surface area contributed by atoms with E-state index in [0.717, 1.165) is 69.0 Å². The Balaban J connectivity index is 1.44. The molecule has 0 radical (unpaired) electrons. The number of pyridine rings is 1. The minimum absolute atomic E-state index is 0.116. The van der Waals surface area contributed by atoms with Gasteiger partial charge in [-0.2, -0.15) is 0 Å². The van der Waals surface area contributed by atoms with Gasteiger partial charge in [-0.3, -0.25) is 14.7 Å². The highest BCUT2D eigenvalue weighted by molar-refractivity contribution is 5.95. The lowest BCUT2D eigenvalue weighted by Gasteiger charge is -2.36. The van der Waals surface area contributed by atoms with Gasteiger partial charge in [-0.1, -0.05) is 12.1 Å². The number of rotatable bonds is 4. The van der Waals surface area contributed by atoms with E-state index < -0.39 is 0 Å². The van der Waals surface area contributed by atoms with E-state index in [0.29, 0.717) is 11.6 Å². The standard InChI is InChI=1S/C22H28N4O2/c23-21-12-20(13-24-14-21)18-4-1-5-19(11-18)22(27)26-6-2-3-17(16-26)15-25-7-9-28-10-8-25/h1,4-5,11-14,17H,2-3,6-10,15-16,23H2/t17-/m0/s1. The normalized spacial score (nSPS) is 20.9. The van der Waals surface area contributed by atoms with E-state index in [-0.39, 0.29) is 5.91 Å². The van der Waals surface area contributed by atoms with Crippen LogP contribution in [-0.2, 0) is 4.74 Å². The molecule has 2 aromatic rings. The molecule has 6 heteroatoms. The molecule has 1 atom stereocenters. The third kappa shape index (κ3) is 4.51. The number of nitrogens with two attached hydrogens (primary N) is 1. The van der Waals surface area contributed by atoms with Crippen LogP contribution in [0.1, 0.15) is 23.2 Å². The van der Waals surface area contributed by atoms with Crippen molar-refractivity contribution in [2.45, 2.75) is 12.8 Å². The number of nitrogen functional groups attached to an aromatic ring is 1. The summed E-state index contributed by atoms with van der Waals surface area (Å²) in [6, 6.07) is 9.66. The molecule has 2 aliphatic heterocycles. The molecule has 148 valence electrons. The smallest absolute Gasteiger partial charge is 0.253 e. The van der Waals surface area contributed by atoms with Crippen molar-refractivity contribution in [1.29, 1.82) is 0 Å². The van der Waals surface area contributed by atoms with Crippen LogP contribution < -0.4 is 5.73 Å². The highest BCUT2D eigenvalue weighted by Crippen LogP contribution is 2.24. The van der Waals surface area contributed by atoms with Gasteiger partial charge in [-0.25, -0.2) is 0 Å². The Hall–Kier alpha value is -2.44. The second kappa shape index (κ2) is 8.71. The fraction of sp³-hybridized carbons (Fsp3) is 0.455. The maximum Gasteiger partial charge on any atom is 0.253 e.